The first-order chi connectivity index (χ1) is 11.7. The molecule has 0 atom stereocenters. The lowest BCUT2D eigenvalue weighted by Crippen LogP contribution is -2.41. The highest BCUT2D eigenvalue weighted by atomic mass is 32.1. The van der Waals surface area contributed by atoms with Gasteiger partial charge in [0, 0.05) is 6.04 Å². The Balaban J connectivity index is 1.55. The number of aromatic nitrogens is 3. The number of benzene rings is 1. The molecule has 126 valence electrons. The van der Waals surface area contributed by atoms with E-state index in [4.69, 9.17) is 12.2 Å². The summed E-state index contributed by atoms with van der Waals surface area (Å²) in [6.45, 7) is 1.96. The number of nitrogens with zero attached hydrogens (tertiary/aromatic N) is 4. The molecule has 1 heterocycles. The highest BCUT2D eigenvalue weighted by molar-refractivity contribution is 7.80. The average Bonchev–Trinajstić information content (AvgIpc) is 3.15. The molecule has 2 aromatic rings. The molecule has 1 fully saturated rings. The van der Waals surface area contributed by atoms with E-state index in [2.05, 4.69) is 25.9 Å². The Labute approximate surface area is 147 Å². The summed E-state index contributed by atoms with van der Waals surface area (Å²) in [4.78, 5) is 3.95. The van der Waals surface area contributed by atoms with Crippen LogP contribution >= 0.6 is 12.2 Å². The third-order valence-electron chi connectivity index (χ3n) is 4.23. The fourth-order valence-electron chi connectivity index (χ4n) is 2.86. The zero-order valence-corrected chi connectivity index (χ0v) is 14.6. The van der Waals surface area contributed by atoms with E-state index in [1.165, 1.54) is 38.4 Å². The molecule has 1 saturated carbocycles. The minimum atomic E-state index is 0.483. The van der Waals surface area contributed by atoms with Crippen molar-refractivity contribution in [3.05, 3.63) is 42.5 Å². The Morgan fingerprint density at radius 2 is 1.96 bits per heavy atom. The lowest BCUT2D eigenvalue weighted by molar-refractivity contribution is 0.412. The lowest BCUT2D eigenvalue weighted by atomic mass is 9.96. The quantitative estimate of drug-likeness (QED) is 0.508. The molecule has 2 N–H and O–H groups in total. The summed E-state index contributed by atoms with van der Waals surface area (Å²) in [7, 11) is 0. The molecule has 6 nitrogen and oxygen atoms in total. The van der Waals surface area contributed by atoms with Gasteiger partial charge in [0.05, 0.1) is 11.4 Å². The smallest absolute Gasteiger partial charge is 0.187 e. The van der Waals surface area contributed by atoms with Crippen LogP contribution in [-0.4, -0.2) is 31.6 Å². The van der Waals surface area contributed by atoms with Gasteiger partial charge in [0.25, 0.3) is 0 Å². The van der Waals surface area contributed by atoms with Crippen LogP contribution in [0.15, 0.2) is 42.0 Å². The van der Waals surface area contributed by atoms with Crippen LogP contribution in [0.25, 0.3) is 5.69 Å². The normalized spacial score (nSPS) is 16.0. The SMILES string of the molecule is C/C(=N\NC(=S)NC1CCCCC1)c1ccc(-n2cncn2)cc1. The third-order valence-corrected chi connectivity index (χ3v) is 4.44. The molecule has 24 heavy (non-hydrogen) atoms. The molecular weight excluding hydrogens is 320 g/mol. The van der Waals surface area contributed by atoms with Crippen molar-refractivity contribution in [2.24, 2.45) is 5.10 Å². The average molecular weight is 342 g/mol. The second-order valence-electron chi connectivity index (χ2n) is 6.00. The number of hydrogen-bond donors (Lipinski definition) is 2. The van der Waals surface area contributed by atoms with Crippen LogP contribution in [0.4, 0.5) is 0 Å². The van der Waals surface area contributed by atoms with E-state index in [0.29, 0.717) is 11.2 Å². The first-order valence-corrected chi connectivity index (χ1v) is 8.69. The summed E-state index contributed by atoms with van der Waals surface area (Å²) in [5.41, 5.74) is 5.83. The molecule has 0 spiro atoms. The molecule has 0 aliphatic heterocycles. The maximum Gasteiger partial charge on any atom is 0.187 e. The molecule has 0 unspecified atom stereocenters. The molecule has 3 rings (SSSR count). The van der Waals surface area contributed by atoms with Crippen LogP contribution in [0.2, 0.25) is 0 Å². The number of hydrogen-bond acceptors (Lipinski definition) is 4. The van der Waals surface area contributed by atoms with E-state index in [1.807, 2.05) is 31.2 Å². The lowest BCUT2D eigenvalue weighted by Gasteiger charge is -2.23. The van der Waals surface area contributed by atoms with Crippen LogP contribution in [0.3, 0.4) is 0 Å². The van der Waals surface area contributed by atoms with Gasteiger partial charge in [0.15, 0.2) is 5.11 Å². The second-order valence-corrected chi connectivity index (χ2v) is 6.41. The number of nitrogens with one attached hydrogen (secondary N) is 2. The zero-order valence-electron chi connectivity index (χ0n) is 13.8. The zero-order chi connectivity index (χ0) is 16.8. The molecule has 7 heteroatoms. The highest BCUT2D eigenvalue weighted by Gasteiger charge is 2.13. The van der Waals surface area contributed by atoms with Crippen molar-refractivity contribution in [2.75, 3.05) is 0 Å². The first-order valence-electron chi connectivity index (χ1n) is 8.28. The van der Waals surface area contributed by atoms with Gasteiger partial charge >= 0.3 is 0 Å². The van der Waals surface area contributed by atoms with Gasteiger partial charge in [-0.3, -0.25) is 5.43 Å². The molecule has 0 saturated heterocycles. The summed E-state index contributed by atoms with van der Waals surface area (Å²) in [5.74, 6) is 0. The number of hydrazone groups is 1. The molecule has 0 amide bonds. The van der Waals surface area contributed by atoms with Crippen molar-refractivity contribution in [1.29, 1.82) is 0 Å². The van der Waals surface area contributed by atoms with Crippen LogP contribution in [0, 0.1) is 0 Å². The van der Waals surface area contributed by atoms with E-state index >= 15 is 0 Å². The van der Waals surface area contributed by atoms with Crippen molar-refractivity contribution in [1.82, 2.24) is 25.5 Å². The number of thiocarbonyl (C=S) groups is 1. The number of rotatable bonds is 4. The van der Waals surface area contributed by atoms with Crippen LogP contribution < -0.4 is 10.7 Å². The molecule has 1 aliphatic rings. The van der Waals surface area contributed by atoms with Gasteiger partial charge in [-0.15, -0.1) is 0 Å². The van der Waals surface area contributed by atoms with E-state index in [-0.39, 0.29) is 0 Å². The van der Waals surface area contributed by atoms with Crippen molar-refractivity contribution < 1.29 is 0 Å². The maximum atomic E-state index is 5.33. The fourth-order valence-corrected chi connectivity index (χ4v) is 3.07. The van der Waals surface area contributed by atoms with E-state index in [1.54, 1.807) is 11.0 Å². The Morgan fingerprint density at radius 3 is 2.62 bits per heavy atom. The maximum absolute atomic E-state index is 5.33. The van der Waals surface area contributed by atoms with Crippen LogP contribution in [-0.2, 0) is 0 Å². The summed E-state index contributed by atoms with van der Waals surface area (Å²) in [6.07, 6.45) is 9.46. The molecule has 0 bridgehead atoms. The monoisotopic (exact) mass is 342 g/mol. The summed E-state index contributed by atoms with van der Waals surface area (Å²) in [6, 6.07) is 8.48. The summed E-state index contributed by atoms with van der Waals surface area (Å²) in [5, 5.41) is 12.4. The standard InChI is InChI=1S/C17H22N6S/c1-13(21-22-17(24)20-15-5-3-2-4-6-15)14-7-9-16(10-8-14)23-12-18-11-19-23/h7-12,15H,2-6H2,1H3,(H2,20,22,24)/b21-13+. The molecule has 1 aromatic heterocycles. The van der Waals surface area contributed by atoms with E-state index < -0.39 is 0 Å². The fraction of sp³-hybridized carbons (Fsp3) is 0.412. The highest BCUT2D eigenvalue weighted by Crippen LogP contribution is 2.17. The topological polar surface area (TPSA) is 67.1 Å². The summed E-state index contributed by atoms with van der Waals surface area (Å²) < 4.78 is 1.72. The van der Waals surface area contributed by atoms with Gasteiger partial charge in [-0.1, -0.05) is 31.4 Å². The van der Waals surface area contributed by atoms with E-state index in [0.717, 1.165) is 17.0 Å². The Morgan fingerprint density at radius 1 is 1.21 bits per heavy atom. The van der Waals surface area contributed by atoms with Gasteiger partial charge in [-0.05, 0) is 49.7 Å². The van der Waals surface area contributed by atoms with Gasteiger partial charge in [-0.25, -0.2) is 9.67 Å². The predicted octanol–water partition coefficient (Wildman–Crippen LogP) is 2.79. The van der Waals surface area contributed by atoms with E-state index in [9.17, 15) is 0 Å². The Hall–Kier alpha value is -2.28. The van der Waals surface area contributed by atoms with Crippen molar-refractivity contribution >= 4 is 23.0 Å². The van der Waals surface area contributed by atoms with Crippen molar-refractivity contribution in [3.63, 3.8) is 0 Å². The predicted molar refractivity (Wildman–Crippen MR) is 99.3 cm³/mol. The minimum Gasteiger partial charge on any atom is -0.359 e. The van der Waals surface area contributed by atoms with Gasteiger partial charge in [0.1, 0.15) is 12.7 Å². The van der Waals surface area contributed by atoms with Crippen molar-refractivity contribution in [2.45, 2.75) is 45.1 Å². The van der Waals surface area contributed by atoms with Crippen LogP contribution in [0.5, 0.6) is 0 Å². The largest absolute Gasteiger partial charge is 0.359 e. The Kier molecular flexibility index (Phi) is 5.53. The van der Waals surface area contributed by atoms with Crippen LogP contribution in [0.1, 0.15) is 44.6 Å². The second kappa shape index (κ2) is 8.01. The van der Waals surface area contributed by atoms with Gasteiger partial charge in [-0.2, -0.15) is 10.2 Å². The molecular formula is C17H22N6S. The summed E-state index contributed by atoms with van der Waals surface area (Å²) >= 11 is 5.33. The molecule has 1 aliphatic carbocycles. The van der Waals surface area contributed by atoms with Gasteiger partial charge in [0.2, 0.25) is 0 Å². The third kappa shape index (κ3) is 4.38. The van der Waals surface area contributed by atoms with Gasteiger partial charge < -0.3 is 5.32 Å². The molecule has 1 aromatic carbocycles. The Bertz CT molecular complexity index is 686. The minimum absolute atomic E-state index is 0.483. The molecule has 0 radical (unpaired) electrons. The van der Waals surface area contributed by atoms with Crippen molar-refractivity contribution in [3.8, 4) is 5.69 Å². The first kappa shape index (κ1) is 16.6.